The van der Waals surface area contributed by atoms with Crippen LogP contribution in [0.3, 0.4) is 0 Å². The van der Waals surface area contributed by atoms with Crippen LogP contribution in [0.25, 0.3) is 22.3 Å². The molecule has 0 aromatic carbocycles. The minimum absolute atomic E-state index is 0.0430. The van der Waals surface area contributed by atoms with E-state index in [4.69, 9.17) is 40.2 Å². The first kappa shape index (κ1) is 31.3. The number of aryl methyl sites for hydroxylation is 1. The van der Waals surface area contributed by atoms with E-state index in [1.165, 1.54) is 28.7 Å². The summed E-state index contributed by atoms with van der Waals surface area (Å²) >= 11 is 5.19. The van der Waals surface area contributed by atoms with Gasteiger partial charge in [-0.05, 0) is 25.2 Å². The Balaban J connectivity index is 1.23. The van der Waals surface area contributed by atoms with E-state index in [1.807, 2.05) is 0 Å². The molecule has 9 unspecified atom stereocenters. The fourth-order valence-corrected chi connectivity index (χ4v) is 8.40. The van der Waals surface area contributed by atoms with Crippen molar-refractivity contribution in [1.29, 1.82) is 0 Å². The van der Waals surface area contributed by atoms with Crippen molar-refractivity contribution in [3.8, 4) is 0 Å². The van der Waals surface area contributed by atoms with E-state index in [0.29, 0.717) is 6.29 Å². The Morgan fingerprint density at radius 3 is 2.59 bits per heavy atom. The number of aromatic amines is 1. The molecule has 4 aromatic rings. The van der Waals surface area contributed by atoms with Crippen LogP contribution in [-0.4, -0.2) is 102 Å². The number of alkyl halides is 1. The fraction of sp³-hybridized carbons (Fsp3) is 0.522. The molecule has 246 valence electrons. The van der Waals surface area contributed by atoms with Crippen molar-refractivity contribution in [1.82, 2.24) is 39.0 Å². The Labute approximate surface area is 262 Å². The molecule has 3 aliphatic rings. The highest BCUT2D eigenvalue weighted by Crippen LogP contribution is 2.51. The van der Waals surface area contributed by atoms with Gasteiger partial charge in [0.1, 0.15) is 36.2 Å². The SMILES string of the molecule is Cc1nc2c(ncn2C2OC3COP(O)(=S)OC4C(CCS(=O)(=O)OC2C3C=O)OC(n2cnc3c(N)ncnc32)C4F)c(=O)[nH]1. The predicted octanol–water partition coefficient (Wildman–Crippen LogP) is -0.465. The average Bonchev–Trinajstić information content (AvgIpc) is 3.75. The van der Waals surface area contributed by atoms with E-state index in [-0.39, 0.29) is 40.4 Å². The van der Waals surface area contributed by atoms with Crippen LogP contribution in [0.2, 0.25) is 0 Å². The Hall–Kier alpha value is -3.34. The number of carbonyl (C=O) groups is 1. The zero-order valence-corrected chi connectivity index (χ0v) is 26.0. The Morgan fingerprint density at radius 1 is 1.11 bits per heavy atom. The molecule has 7 heterocycles. The van der Waals surface area contributed by atoms with Crippen molar-refractivity contribution < 1.29 is 45.2 Å². The summed E-state index contributed by atoms with van der Waals surface area (Å²) in [5.74, 6) is -1.71. The van der Waals surface area contributed by atoms with Crippen LogP contribution < -0.4 is 11.3 Å². The standard InChI is InChI=1S/C23H25FN9O10PS2/c1-9-30-20-15(21(35)31-9)29-8-33(20)23-16-10(4-34)12(41-23)5-39-44(36,45)42-17-11(2-3-46(37,38)43-16)40-22(13(17)24)32-7-28-14-18(25)26-6-27-19(14)32/h4,6-8,10-13,16-17,22-23H,2-3,5H2,1H3,(H,36,45)(H2,25,26,27)(H,30,31,35). The second kappa shape index (κ2) is 11.4. The topological polar surface area (TPSA) is 251 Å². The van der Waals surface area contributed by atoms with Gasteiger partial charge in [-0.1, -0.05) is 0 Å². The first-order chi connectivity index (χ1) is 21.9. The molecule has 7 rings (SSSR count). The molecule has 4 aromatic heterocycles. The van der Waals surface area contributed by atoms with Gasteiger partial charge in [-0.2, -0.15) is 8.42 Å². The summed E-state index contributed by atoms with van der Waals surface area (Å²) in [6.45, 7) is -3.31. The van der Waals surface area contributed by atoms with Gasteiger partial charge in [0.25, 0.3) is 15.7 Å². The third-order valence-electron chi connectivity index (χ3n) is 7.88. The van der Waals surface area contributed by atoms with E-state index in [2.05, 4.69) is 29.9 Å². The van der Waals surface area contributed by atoms with Crippen molar-refractivity contribution in [3.63, 3.8) is 0 Å². The van der Waals surface area contributed by atoms with Gasteiger partial charge in [0, 0.05) is 0 Å². The molecule has 3 saturated heterocycles. The van der Waals surface area contributed by atoms with E-state index in [9.17, 15) is 22.9 Å². The highest BCUT2D eigenvalue weighted by atomic mass is 32.5. The van der Waals surface area contributed by atoms with Crippen LogP contribution >= 0.6 is 6.72 Å². The molecular formula is C23H25FN9O10PS2. The number of hydrogen-bond acceptors (Lipinski definition) is 16. The Bertz CT molecular complexity index is 2060. The van der Waals surface area contributed by atoms with Crippen LogP contribution in [0.4, 0.5) is 10.2 Å². The van der Waals surface area contributed by atoms with Crippen molar-refractivity contribution in [2.75, 3.05) is 18.1 Å². The predicted molar refractivity (Wildman–Crippen MR) is 155 cm³/mol. The summed E-state index contributed by atoms with van der Waals surface area (Å²) < 4.78 is 74.0. The van der Waals surface area contributed by atoms with Crippen LogP contribution in [0.1, 0.15) is 24.7 Å². The number of nitrogens with two attached hydrogens (primary N) is 1. The minimum atomic E-state index is -4.49. The maximum Gasteiger partial charge on any atom is 0.325 e. The van der Waals surface area contributed by atoms with Crippen LogP contribution in [0.5, 0.6) is 0 Å². The van der Waals surface area contributed by atoms with Gasteiger partial charge >= 0.3 is 6.72 Å². The number of nitrogen functional groups attached to an aromatic ring is 1. The number of rotatable bonds is 3. The van der Waals surface area contributed by atoms with Gasteiger partial charge in [-0.3, -0.25) is 22.6 Å². The molecule has 46 heavy (non-hydrogen) atoms. The van der Waals surface area contributed by atoms with Gasteiger partial charge in [-0.25, -0.2) is 29.3 Å². The van der Waals surface area contributed by atoms with E-state index in [0.717, 1.165) is 6.33 Å². The van der Waals surface area contributed by atoms with Gasteiger partial charge in [0.05, 0.1) is 43.1 Å². The summed E-state index contributed by atoms with van der Waals surface area (Å²) in [7, 11) is -4.49. The molecule has 3 fully saturated rings. The summed E-state index contributed by atoms with van der Waals surface area (Å²) in [5.41, 5.74) is 5.61. The summed E-state index contributed by atoms with van der Waals surface area (Å²) in [5, 5.41) is 0. The maximum atomic E-state index is 16.1. The normalized spacial score (nSPS) is 34.9. The molecule has 0 saturated carbocycles. The number of aldehydes is 1. The third kappa shape index (κ3) is 5.42. The van der Waals surface area contributed by atoms with Crippen molar-refractivity contribution in [3.05, 3.63) is 35.2 Å². The summed E-state index contributed by atoms with van der Waals surface area (Å²) in [6, 6.07) is 0. The number of imidazole rings is 2. The van der Waals surface area contributed by atoms with Gasteiger partial charge in [0.15, 0.2) is 41.3 Å². The van der Waals surface area contributed by atoms with Gasteiger partial charge < -0.3 is 34.4 Å². The second-order valence-corrected chi connectivity index (χ2v) is 15.3. The fourth-order valence-electron chi connectivity index (χ4n) is 5.78. The number of aromatic nitrogens is 8. The lowest BCUT2D eigenvalue weighted by Crippen LogP contribution is -2.35. The van der Waals surface area contributed by atoms with Crippen LogP contribution in [0, 0.1) is 12.8 Å². The molecule has 0 aliphatic carbocycles. The van der Waals surface area contributed by atoms with E-state index < -0.39 is 83.7 Å². The lowest BCUT2D eigenvalue weighted by molar-refractivity contribution is -0.114. The number of carbonyl (C=O) groups excluding carboxylic acids is 1. The number of fused-ring (bicyclic) bond motifs is 5. The smallest absolute Gasteiger partial charge is 0.325 e. The molecule has 19 nitrogen and oxygen atoms in total. The molecule has 0 amide bonds. The lowest BCUT2D eigenvalue weighted by Gasteiger charge is -2.26. The number of nitrogens with one attached hydrogen (secondary N) is 1. The number of nitrogens with zero attached hydrogens (tertiary/aromatic N) is 7. The number of hydrogen-bond donors (Lipinski definition) is 3. The third-order valence-corrected chi connectivity index (χ3v) is 10.7. The van der Waals surface area contributed by atoms with Gasteiger partial charge in [0.2, 0.25) is 0 Å². The monoisotopic (exact) mass is 701 g/mol. The van der Waals surface area contributed by atoms with E-state index >= 15 is 4.39 Å². The highest BCUT2D eigenvalue weighted by molar-refractivity contribution is 8.07. The molecule has 0 spiro atoms. The Kier molecular flexibility index (Phi) is 7.76. The zero-order valence-electron chi connectivity index (χ0n) is 23.5. The van der Waals surface area contributed by atoms with Gasteiger partial charge in [-0.15, -0.1) is 0 Å². The molecule has 9 atom stereocenters. The quantitative estimate of drug-likeness (QED) is 0.139. The van der Waals surface area contributed by atoms with E-state index in [1.54, 1.807) is 0 Å². The van der Waals surface area contributed by atoms with Crippen LogP contribution in [-0.2, 0) is 49.4 Å². The average molecular weight is 702 g/mol. The molecular weight excluding hydrogens is 676 g/mol. The second-order valence-electron chi connectivity index (χ2n) is 10.8. The zero-order chi connectivity index (χ0) is 32.5. The van der Waals surface area contributed by atoms with Crippen molar-refractivity contribution in [2.24, 2.45) is 5.92 Å². The number of H-pyrrole nitrogens is 1. The first-order valence-corrected chi connectivity index (χ1v) is 17.9. The van der Waals surface area contributed by atoms with Crippen molar-refractivity contribution >= 4 is 63.1 Å². The molecule has 0 radical (unpaired) electrons. The number of anilines is 1. The number of ether oxygens (including phenoxy) is 2. The summed E-state index contributed by atoms with van der Waals surface area (Å²) in [4.78, 5) is 58.7. The first-order valence-electron chi connectivity index (χ1n) is 13.7. The van der Waals surface area contributed by atoms with Crippen LogP contribution in [0.15, 0.2) is 23.8 Å². The minimum Gasteiger partial charge on any atom is -0.382 e. The molecule has 2 bridgehead atoms. The summed E-state index contributed by atoms with van der Waals surface area (Å²) in [6.07, 6.45) is -6.75. The largest absolute Gasteiger partial charge is 0.382 e. The molecule has 23 heteroatoms. The maximum absolute atomic E-state index is 16.1. The molecule has 3 aliphatic heterocycles. The molecule has 4 N–H and O–H groups in total. The lowest BCUT2D eigenvalue weighted by atomic mass is 10.0. The van der Waals surface area contributed by atoms with Crippen molar-refractivity contribution in [2.45, 2.75) is 56.4 Å². The number of halogens is 1. The Morgan fingerprint density at radius 2 is 1.83 bits per heavy atom. The highest BCUT2D eigenvalue weighted by Gasteiger charge is 2.53.